The van der Waals surface area contributed by atoms with Crippen molar-refractivity contribution in [2.75, 3.05) is 19.6 Å². The van der Waals surface area contributed by atoms with Gasteiger partial charge < -0.3 is 10.2 Å². The number of hydrogen-bond donors (Lipinski definition) is 1. The summed E-state index contributed by atoms with van der Waals surface area (Å²) in [6.07, 6.45) is 4.04. The highest BCUT2D eigenvalue weighted by Crippen LogP contribution is 2.33. The van der Waals surface area contributed by atoms with Crippen LogP contribution in [0.25, 0.3) is 0 Å². The smallest absolute Gasteiger partial charge is 0.223 e. The van der Waals surface area contributed by atoms with Gasteiger partial charge >= 0.3 is 0 Å². The molecule has 0 saturated carbocycles. The third kappa shape index (κ3) is 3.18. The largest absolute Gasteiger partial charge is 0.336 e. The van der Waals surface area contributed by atoms with Crippen LogP contribution in [0.1, 0.15) is 42.7 Å². The molecule has 0 radical (unpaired) electrons. The molecule has 1 aromatic rings. The van der Waals surface area contributed by atoms with Gasteiger partial charge in [-0.25, -0.2) is 0 Å². The van der Waals surface area contributed by atoms with Crippen LogP contribution >= 0.6 is 23.7 Å². The molecule has 20 heavy (non-hydrogen) atoms. The topological polar surface area (TPSA) is 32.3 Å². The average molecular weight is 315 g/mol. The van der Waals surface area contributed by atoms with E-state index in [0.717, 1.165) is 38.9 Å². The van der Waals surface area contributed by atoms with E-state index in [0.29, 0.717) is 11.8 Å². The van der Waals surface area contributed by atoms with Gasteiger partial charge in [-0.05, 0) is 62.2 Å². The number of halogens is 1. The highest BCUT2D eigenvalue weighted by atomic mass is 35.5. The van der Waals surface area contributed by atoms with Gasteiger partial charge in [-0.3, -0.25) is 4.79 Å². The molecule has 112 valence electrons. The maximum Gasteiger partial charge on any atom is 0.223 e. The zero-order valence-electron chi connectivity index (χ0n) is 11.9. The van der Waals surface area contributed by atoms with E-state index in [1.165, 1.54) is 16.9 Å². The van der Waals surface area contributed by atoms with Gasteiger partial charge in [0.15, 0.2) is 0 Å². The van der Waals surface area contributed by atoms with Crippen molar-refractivity contribution < 1.29 is 4.79 Å². The Morgan fingerprint density at radius 3 is 3.15 bits per heavy atom. The van der Waals surface area contributed by atoms with E-state index < -0.39 is 0 Å². The van der Waals surface area contributed by atoms with Crippen molar-refractivity contribution in [3.05, 3.63) is 21.9 Å². The zero-order valence-corrected chi connectivity index (χ0v) is 13.6. The first-order valence-electron chi connectivity index (χ1n) is 7.32. The van der Waals surface area contributed by atoms with Gasteiger partial charge in [0.2, 0.25) is 5.91 Å². The molecule has 1 N–H and O–H groups in total. The molecule has 3 nitrogen and oxygen atoms in total. The van der Waals surface area contributed by atoms with Crippen LogP contribution in [0.4, 0.5) is 0 Å². The van der Waals surface area contributed by atoms with Crippen molar-refractivity contribution in [3.8, 4) is 0 Å². The molecule has 0 aromatic carbocycles. The maximum atomic E-state index is 12.4. The molecule has 1 fully saturated rings. The monoisotopic (exact) mass is 314 g/mol. The molecule has 2 aliphatic heterocycles. The van der Waals surface area contributed by atoms with Crippen LogP contribution in [0.3, 0.4) is 0 Å². The van der Waals surface area contributed by atoms with Crippen LogP contribution in [0.15, 0.2) is 11.4 Å². The molecule has 1 amide bonds. The van der Waals surface area contributed by atoms with Crippen LogP contribution in [0.5, 0.6) is 0 Å². The fourth-order valence-corrected chi connectivity index (χ4v) is 4.24. The van der Waals surface area contributed by atoms with Gasteiger partial charge in [-0.15, -0.1) is 23.7 Å². The third-order valence-corrected chi connectivity index (χ3v) is 5.52. The van der Waals surface area contributed by atoms with Crippen molar-refractivity contribution in [3.63, 3.8) is 0 Å². The SMILES string of the molecule is CC1c2ccsc2CCN1C(=O)CCC1CCNC1.Cl. The lowest BCUT2D eigenvalue weighted by atomic mass is 9.98. The number of carbonyl (C=O) groups is 1. The predicted molar refractivity (Wildman–Crippen MR) is 85.6 cm³/mol. The Hall–Kier alpha value is -0.580. The van der Waals surface area contributed by atoms with E-state index in [9.17, 15) is 4.79 Å². The molecule has 2 aliphatic rings. The summed E-state index contributed by atoms with van der Waals surface area (Å²) in [5.74, 6) is 1.05. The van der Waals surface area contributed by atoms with Crippen molar-refractivity contribution in [1.82, 2.24) is 10.2 Å². The minimum atomic E-state index is 0. The van der Waals surface area contributed by atoms with Crippen molar-refractivity contribution >= 4 is 29.7 Å². The highest BCUT2D eigenvalue weighted by molar-refractivity contribution is 7.10. The first-order chi connectivity index (χ1) is 9.25. The van der Waals surface area contributed by atoms with Gasteiger partial charge in [0.1, 0.15) is 0 Å². The Labute approximate surface area is 131 Å². The maximum absolute atomic E-state index is 12.4. The van der Waals surface area contributed by atoms with Crippen LogP contribution in [0.2, 0.25) is 0 Å². The van der Waals surface area contributed by atoms with Crippen LogP contribution < -0.4 is 5.32 Å². The fourth-order valence-electron chi connectivity index (χ4n) is 3.28. The third-order valence-electron chi connectivity index (χ3n) is 4.53. The Kier molecular flexibility index (Phi) is 5.47. The van der Waals surface area contributed by atoms with Crippen molar-refractivity contribution in [2.24, 2.45) is 5.92 Å². The van der Waals surface area contributed by atoms with Gasteiger partial charge in [-0.1, -0.05) is 0 Å². The van der Waals surface area contributed by atoms with E-state index in [2.05, 4.69) is 28.6 Å². The van der Waals surface area contributed by atoms with E-state index in [4.69, 9.17) is 0 Å². The average Bonchev–Trinajstić information content (AvgIpc) is 3.07. The summed E-state index contributed by atoms with van der Waals surface area (Å²) in [7, 11) is 0. The number of rotatable bonds is 3. The predicted octanol–water partition coefficient (Wildman–Crippen LogP) is 3.01. The molecule has 0 bridgehead atoms. The quantitative estimate of drug-likeness (QED) is 0.930. The lowest BCUT2D eigenvalue weighted by Gasteiger charge is -2.34. The molecule has 1 aromatic heterocycles. The molecule has 3 rings (SSSR count). The summed E-state index contributed by atoms with van der Waals surface area (Å²) in [5, 5.41) is 5.52. The summed E-state index contributed by atoms with van der Waals surface area (Å²) >= 11 is 1.83. The molecule has 0 spiro atoms. The highest BCUT2D eigenvalue weighted by Gasteiger charge is 2.28. The Bertz CT molecular complexity index is 456. The number of hydrogen-bond acceptors (Lipinski definition) is 3. The first kappa shape index (κ1) is 15.8. The Morgan fingerprint density at radius 2 is 2.40 bits per heavy atom. The Balaban J connectivity index is 0.00000147. The van der Waals surface area contributed by atoms with E-state index in [1.807, 2.05) is 11.3 Å². The normalized spacial score (nSPS) is 25.1. The lowest BCUT2D eigenvalue weighted by Crippen LogP contribution is -2.38. The molecule has 1 saturated heterocycles. The number of amides is 1. The molecular weight excluding hydrogens is 292 g/mol. The molecule has 2 atom stereocenters. The summed E-state index contributed by atoms with van der Waals surface area (Å²) in [4.78, 5) is 16.0. The summed E-state index contributed by atoms with van der Waals surface area (Å²) < 4.78 is 0. The minimum absolute atomic E-state index is 0. The minimum Gasteiger partial charge on any atom is -0.336 e. The molecule has 0 aliphatic carbocycles. The van der Waals surface area contributed by atoms with Gasteiger partial charge in [0.05, 0.1) is 6.04 Å². The number of nitrogens with one attached hydrogen (secondary N) is 1. The van der Waals surface area contributed by atoms with Gasteiger partial charge in [0.25, 0.3) is 0 Å². The molecular formula is C15H23ClN2OS. The zero-order chi connectivity index (χ0) is 13.2. The number of carbonyl (C=O) groups excluding carboxylic acids is 1. The summed E-state index contributed by atoms with van der Waals surface area (Å²) in [6.45, 7) is 5.28. The van der Waals surface area contributed by atoms with Crippen LogP contribution in [-0.2, 0) is 11.2 Å². The standard InChI is InChI=1S/C15H22N2OS.ClH/c1-11-13-6-9-19-14(13)5-8-17(11)15(18)3-2-12-4-7-16-10-12;/h6,9,11-12,16H,2-5,7-8,10H2,1H3;1H. The van der Waals surface area contributed by atoms with E-state index in [-0.39, 0.29) is 18.4 Å². The summed E-state index contributed by atoms with van der Waals surface area (Å²) in [5.41, 5.74) is 1.37. The van der Waals surface area contributed by atoms with Crippen molar-refractivity contribution in [1.29, 1.82) is 0 Å². The summed E-state index contributed by atoms with van der Waals surface area (Å²) in [6, 6.07) is 2.45. The molecule has 3 heterocycles. The second-order valence-corrected chi connectivity index (χ2v) is 6.71. The number of nitrogens with zero attached hydrogens (tertiary/aromatic N) is 1. The van der Waals surface area contributed by atoms with Gasteiger partial charge in [-0.2, -0.15) is 0 Å². The number of thiophene rings is 1. The first-order valence-corrected chi connectivity index (χ1v) is 8.20. The second kappa shape index (κ2) is 6.92. The van der Waals surface area contributed by atoms with E-state index >= 15 is 0 Å². The van der Waals surface area contributed by atoms with E-state index in [1.54, 1.807) is 0 Å². The molecule has 2 unspecified atom stereocenters. The van der Waals surface area contributed by atoms with Crippen LogP contribution in [0, 0.1) is 5.92 Å². The fraction of sp³-hybridized carbons (Fsp3) is 0.667. The van der Waals surface area contributed by atoms with Crippen molar-refractivity contribution in [2.45, 2.75) is 38.6 Å². The number of fused-ring (bicyclic) bond motifs is 1. The molecule has 5 heteroatoms. The Morgan fingerprint density at radius 1 is 1.55 bits per heavy atom. The van der Waals surface area contributed by atoms with Crippen LogP contribution in [-0.4, -0.2) is 30.4 Å². The lowest BCUT2D eigenvalue weighted by molar-refractivity contribution is -0.134. The van der Waals surface area contributed by atoms with Gasteiger partial charge in [0, 0.05) is 17.8 Å². The second-order valence-electron chi connectivity index (χ2n) is 5.71.